The number of carbonyl (C=O) groups excluding carboxylic acids is 4. The summed E-state index contributed by atoms with van der Waals surface area (Å²) in [6.07, 6.45) is -11.2. The molecule has 18 nitrogen and oxygen atoms in total. The first kappa shape index (κ1) is 60.0. The number of hydrogen-bond donors (Lipinski definition) is 5. The fourth-order valence-corrected chi connectivity index (χ4v) is 10.0. The number of pyridine rings is 1. The van der Waals surface area contributed by atoms with E-state index in [0.29, 0.717) is 67.5 Å². The van der Waals surface area contributed by atoms with Gasteiger partial charge in [0, 0.05) is 80.0 Å². The maximum atomic E-state index is 16.2. The number of rotatable bonds is 19. The molecule has 5 N–H and O–H groups in total. The summed E-state index contributed by atoms with van der Waals surface area (Å²) in [4.78, 5) is 62.6. The zero-order valence-corrected chi connectivity index (χ0v) is 45.3. The van der Waals surface area contributed by atoms with E-state index in [1.807, 2.05) is 22.8 Å². The van der Waals surface area contributed by atoms with E-state index in [-0.39, 0.29) is 17.3 Å². The highest BCUT2D eigenvalue weighted by molar-refractivity contribution is 5.87. The zero-order chi connectivity index (χ0) is 58.8. The first-order valence-electron chi connectivity index (χ1n) is 26.3. The Kier molecular flexibility index (Phi) is 17.9. The van der Waals surface area contributed by atoms with Crippen molar-refractivity contribution in [1.29, 1.82) is 0 Å². The van der Waals surface area contributed by atoms with Crippen molar-refractivity contribution in [3.05, 3.63) is 101 Å². The second kappa shape index (κ2) is 24.2. The Labute approximate surface area is 462 Å². The number of halogens is 8. The number of fused-ring (bicyclic) bond motifs is 2. The first-order chi connectivity index (χ1) is 38.2. The SMILES string of the molecule is CNC(=O)O[C@H](C(=O)NN(Cc1c(F)cc(-c2ccn(C3CC3)n2)cc1F)C[C@H](O)[C@H](Cc1ccc(C#Cc2ccc(N3C[C@@H]4CC[C@@H](C3)N4C3COC3)nc2)cc1)NC(=O)[C@@H](NC(=O)OC)C(C)(C)C(F)(F)F)C(C)(C)C(F)(F)F. The number of aliphatic hydroxyl groups excluding tert-OH is 1. The van der Waals surface area contributed by atoms with Crippen LogP contribution in [0.15, 0.2) is 67.0 Å². The Morgan fingerprint density at radius 1 is 0.802 bits per heavy atom. The maximum Gasteiger partial charge on any atom is 0.407 e. The summed E-state index contributed by atoms with van der Waals surface area (Å²) in [5.74, 6) is 1.31. The van der Waals surface area contributed by atoms with Gasteiger partial charge in [-0.3, -0.25) is 24.6 Å². The summed E-state index contributed by atoms with van der Waals surface area (Å²) >= 11 is 0. The van der Waals surface area contributed by atoms with E-state index in [0.717, 1.165) is 84.1 Å². The minimum Gasteiger partial charge on any atom is -0.453 e. The molecule has 1 aliphatic carbocycles. The minimum atomic E-state index is -5.21. The Hall–Kier alpha value is -7.08. The molecular formula is C55H64F8N10O8. The number of benzene rings is 2. The number of alkyl carbamates (subject to hydrolysis) is 2. The van der Waals surface area contributed by atoms with Crippen molar-refractivity contribution in [2.24, 2.45) is 10.8 Å². The lowest BCUT2D eigenvalue weighted by Crippen LogP contribution is -2.62. The number of aliphatic hydroxyl groups is 1. The van der Waals surface area contributed by atoms with E-state index >= 15 is 8.78 Å². The van der Waals surface area contributed by atoms with Crippen molar-refractivity contribution in [3.8, 4) is 23.1 Å². The van der Waals surface area contributed by atoms with Crippen molar-refractivity contribution >= 4 is 29.8 Å². The molecule has 8 rings (SSSR count). The van der Waals surface area contributed by atoms with Gasteiger partial charge in [-0.25, -0.2) is 28.4 Å². The average Bonchev–Trinajstić information content (AvgIpc) is 4.14. The summed E-state index contributed by atoms with van der Waals surface area (Å²) in [5.41, 5.74) is -3.20. The number of piperazine rings is 1. The van der Waals surface area contributed by atoms with Crippen LogP contribution in [0.1, 0.15) is 81.7 Å². The molecule has 4 aliphatic rings. The van der Waals surface area contributed by atoms with Gasteiger partial charge in [-0.1, -0.05) is 24.0 Å². The van der Waals surface area contributed by atoms with Crippen LogP contribution in [-0.4, -0.2) is 156 Å². The average molecular weight is 1150 g/mol. The highest BCUT2D eigenvalue weighted by Crippen LogP contribution is 2.43. The van der Waals surface area contributed by atoms with E-state index in [2.05, 4.69) is 42.2 Å². The summed E-state index contributed by atoms with van der Waals surface area (Å²) in [6.45, 7) is 3.52. The van der Waals surface area contributed by atoms with E-state index in [4.69, 9.17) is 14.5 Å². The third kappa shape index (κ3) is 13.8. The monoisotopic (exact) mass is 1140 g/mol. The number of alkyl halides is 6. The second-order valence-corrected chi connectivity index (χ2v) is 21.9. The number of nitrogens with zero attached hydrogens (tertiary/aromatic N) is 6. The van der Waals surface area contributed by atoms with Crippen LogP contribution < -0.4 is 26.3 Å². The lowest BCUT2D eigenvalue weighted by Gasteiger charge is -2.47. The lowest BCUT2D eigenvalue weighted by atomic mass is 9.82. The quantitative estimate of drug-likeness (QED) is 0.0384. The molecule has 5 heterocycles. The second-order valence-electron chi connectivity index (χ2n) is 21.9. The van der Waals surface area contributed by atoms with Crippen molar-refractivity contribution in [2.75, 3.05) is 51.9 Å². The molecule has 4 aromatic rings. The van der Waals surface area contributed by atoms with Crippen LogP contribution in [0.3, 0.4) is 0 Å². The van der Waals surface area contributed by atoms with E-state index in [1.54, 1.807) is 29.2 Å². The smallest absolute Gasteiger partial charge is 0.407 e. The first-order valence-corrected chi connectivity index (χ1v) is 26.3. The van der Waals surface area contributed by atoms with Crippen molar-refractivity contribution in [2.45, 2.75) is 127 Å². The van der Waals surface area contributed by atoms with Crippen LogP contribution >= 0.6 is 0 Å². The largest absolute Gasteiger partial charge is 0.453 e. The molecule has 4 fully saturated rings. The van der Waals surface area contributed by atoms with Gasteiger partial charge in [-0.05, 0) is 108 Å². The molecule has 1 saturated carbocycles. The van der Waals surface area contributed by atoms with Crippen LogP contribution in [-0.2, 0) is 36.8 Å². The highest BCUT2D eigenvalue weighted by Gasteiger charge is 2.58. The Balaban J connectivity index is 1.07. The molecule has 2 aromatic heterocycles. The highest BCUT2D eigenvalue weighted by atomic mass is 19.4. The molecular weight excluding hydrogens is 1080 g/mol. The number of amides is 4. The van der Waals surface area contributed by atoms with Gasteiger partial charge >= 0.3 is 24.5 Å². The summed E-state index contributed by atoms with van der Waals surface area (Å²) in [7, 11) is 1.86. The van der Waals surface area contributed by atoms with Gasteiger partial charge in [0.2, 0.25) is 5.91 Å². The minimum absolute atomic E-state index is 0.00377. The molecule has 2 bridgehead atoms. The molecule has 438 valence electrons. The number of methoxy groups -OCH3 is 1. The van der Waals surface area contributed by atoms with Crippen LogP contribution in [0.5, 0.6) is 0 Å². The lowest BCUT2D eigenvalue weighted by molar-refractivity contribution is -0.239. The van der Waals surface area contributed by atoms with Gasteiger partial charge in [0.1, 0.15) is 28.9 Å². The number of anilines is 1. The van der Waals surface area contributed by atoms with Crippen molar-refractivity contribution in [1.82, 2.24) is 46.0 Å². The molecule has 0 radical (unpaired) electrons. The number of hydrazine groups is 1. The molecule has 3 aliphatic heterocycles. The molecule has 81 heavy (non-hydrogen) atoms. The number of nitrogens with one attached hydrogen (secondary N) is 4. The van der Waals surface area contributed by atoms with E-state index in [9.17, 15) is 50.6 Å². The standard InChI is InChI=1S/C55H64F8N10O8/c1-52(2,54(58,59)60)46(67-51(78)79-6)48(75)66-43(21-32-10-7-31(8-11-32)9-12-33-13-18-45(65-24-33)70-25-36-16-17-37(26-70)73(36)38-29-80-30-38)44(74)28-71(69-49(76)47(81-50(77)64-5)53(3,4)55(61,62)63)27-39-40(56)22-34(23-41(39)57)42-19-20-72(68-42)35-14-15-35/h7-8,10-11,13,18-20,22-24,35-38,43-44,46-47,74H,14-17,21,25-30H2,1-6H3,(H,64,77)(H,66,75)(H,67,78)(H,69,76)/t36-,37-,43-,44-,46+,47+/m0/s1. The predicted octanol–water partition coefficient (Wildman–Crippen LogP) is 6.56. The van der Waals surface area contributed by atoms with Gasteiger partial charge in [0.15, 0.2) is 6.10 Å². The summed E-state index contributed by atoms with van der Waals surface area (Å²) in [6, 6.07) is 10.7. The van der Waals surface area contributed by atoms with Gasteiger partial charge in [0.25, 0.3) is 5.91 Å². The van der Waals surface area contributed by atoms with Gasteiger partial charge in [0.05, 0.1) is 55.7 Å². The van der Waals surface area contributed by atoms with Crippen LogP contribution in [0, 0.1) is 34.3 Å². The molecule has 26 heteroatoms. The normalized spacial score (nSPS) is 19.3. The van der Waals surface area contributed by atoms with Gasteiger partial charge in [-0.15, -0.1) is 0 Å². The van der Waals surface area contributed by atoms with Crippen molar-refractivity contribution in [3.63, 3.8) is 0 Å². The topological polar surface area (TPSA) is 205 Å². The molecule has 0 spiro atoms. The molecule has 6 atom stereocenters. The Morgan fingerprint density at radius 2 is 1.41 bits per heavy atom. The maximum absolute atomic E-state index is 16.2. The molecule has 0 unspecified atom stereocenters. The fourth-order valence-electron chi connectivity index (χ4n) is 10.0. The van der Waals surface area contributed by atoms with Gasteiger partial charge in [-0.2, -0.15) is 31.4 Å². The van der Waals surface area contributed by atoms with E-state index < -0.39 is 108 Å². The van der Waals surface area contributed by atoms with Crippen LogP contribution in [0.2, 0.25) is 0 Å². The predicted molar refractivity (Wildman–Crippen MR) is 277 cm³/mol. The zero-order valence-electron chi connectivity index (χ0n) is 45.3. The van der Waals surface area contributed by atoms with E-state index in [1.165, 1.54) is 18.2 Å². The third-order valence-corrected chi connectivity index (χ3v) is 15.4. The van der Waals surface area contributed by atoms with Gasteiger partial charge < -0.3 is 40.2 Å². The molecule has 4 amide bonds. The Morgan fingerprint density at radius 3 is 1.95 bits per heavy atom. The summed E-state index contributed by atoms with van der Waals surface area (Å²) < 4.78 is 136. The molecule has 2 aromatic carbocycles. The number of hydrogen-bond acceptors (Lipinski definition) is 13. The molecule has 3 saturated heterocycles. The Bertz CT molecular complexity index is 2940. The van der Waals surface area contributed by atoms with Crippen LogP contribution in [0.25, 0.3) is 11.3 Å². The van der Waals surface area contributed by atoms with Crippen LogP contribution in [0.4, 0.5) is 50.5 Å². The summed E-state index contributed by atoms with van der Waals surface area (Å²) in [5, 5.41) is 23.3. The van der Waals surface area contributed by atoms with Crippen molar-refractivity contribution < 1.29 is 73.6 Å². The number of carbonyl (C=O) groups is 4. The number of ether oxygens (including phenoxy) is 3. The third-order valence-electron chi connectivity index (χ3n) is 15.4. The number of aromatic nitrogens is 3. The fraction of sp³-hybridized carbons (Fsp3) is 0.527.